The Hall–Kier alpha value is -1.16. The largest absolute Gasteiger partial charge is 0.389 e. The molecule has 3 aliphatic rings. The number of nitrogens with zero attached hydrogens (tertiary/aromatic N) is 1. The van der Waals surface area contributed by atoms with Crippen LogP contribution in [0.5, 0.6) is 0 Å². The van der Waals surface area contributed by atoms with Crippen molar-refractivity contribution in [2.45, 2.75) is 51.6 Å². The number of aliphatic hydroxyl groups is 1. The van der Waals surface area contributed by atoms with Gasteiger partial charge in [0, 0.05) is 25.9 Å². The first-order valence-electron chi connectivity index (χ1n) is 7.78. The molecule has 4 nitrogen and oxygen atoms in total. The summed E-state index contributed by atoms with van der Waals surface area (Å²) in [7, 11) is 0. The fourth-order valence-electron chi connectivity index (χ4n) is 4.07. The first kappa shape index (κ1) is 13.8. The molecule has 0 aromatic carbocycles. The fraction of sp³-hybridized carbons (Fsp3) is 0.750. The van der Waals surface area contributed by atoms with Gasteiger partial charge in [0.2, 0.25) is 5.91 Å². The summed E-state index contributed by atoms with van der Waals surface area (Å²) < 4.78 is 0. The molecule has 3 rings (SSSR count). The average molecular weight is 277 g/mol. The van der Waals surface area contributed by atoms with Gasteiger partial charge in [-0.25, -0.2) is 0 Å². The van der Waals surface area contributed by atoms with E-state index in [1.807, 2.05) is 4.90 Å². The van der Waals surface area contributed by atoms with Crippen LogP contribution in [0.25, 0.3) is 0 Å². The maximum absolute atomic E-state index is 12.3. The van der Waals surface area contributed by atoms with Crippen molar-refractivity contribution in [1.82, 2.24) is 4.90 Å². The molecular formula is C16H23NO3. The van der Waals surface area contributed by atoms with E-state index in [4.69, 9.17) is 0 Å². The van der Waals surface area contributed by atoms with Crippen molar-refractivity contribution < 1.29 is 14.7 Å². The molecule has 1 aliphatic carbocycles. The Kier molecular flexibility index (Phi) is 3.67. The van der Waals surface area contributed by atoms with E-state index in [-0.39, 0.29) is 23.5 Å². The number of allylic oxidation sites excluding steroid dienone is 1. The molecule has 0 radical (unpaired) electrons. The third-order valence-corrected chi connectivity index (χ3v) is 5.01. The molecule has 110 valence electrons. The van der Waals surface area contributed by atoms with Crippen molar-refractivity contribution in [2.75, 3.05) is 13.1 Å². The van der Waals surface area contributed by atoms with Crippen molar-refractivity contribution in [1.29, 1.82) is 0 Å². The van der Waals surface area contributed by atoms with Crippen LogP contribution in [0.3, 0.4) is 0 Å². The number of carbonyl (C=O) groups excluding carboxylic acids is 2. The highest BCUT2D eigenvalue weighted by atomic mass is 16.3. The maximum Gasteiger partial charge on any atom is 0.222 e. The molecule has 20 heavy (non-hydrogen) atoms. The fourth-order valence-corrected chi connectivity index (χ4v) is 4.07. The second-order valence-electron chi connectivity index (χ2n) is 6.59. The molecule has 0 spiro atoms. The van der Waals surface area contributed by atoms with E-state index in [9.17, 15) is 14.7 Å². The Morgan fingerprint density at radius 2 is 2.00 bits per heavy atom. The molecule has 2 bridgehead atoms. The number of hydrogen-bond donors (Lipinski definition) is 1. The van der Waals surface area contributed by atoms with Crippen LogP contribution in [0, 0.1) is 11.8 Å². The van der Waals surface area contributed by atoms with E-state index in [1.54, 1.807) is 0 Å². The highest BCUT2D eigenvalue weighted by molar-refractivity contribution is 5.99. The minimum Gasteiger partial charge on any atom is -0.389 e. The van der Waals surface area contributed by atoms with Gasteiger partial charge in [-0.1, -0.05) is 6.92 Å². The molecule has 3 atom stereocenters. The lowest BCUT2D eigenvalue weighted by molar-refractivity contribution is -0.132. The zero-order valence-electron chi connectivity index (χ0n) is 12.1. The predicted molar refractivity (Wildman–Crippen MR) is 75.0 cm³/mol. The lowest BCUT2D eigenvalue weighted by atomic mass is 9.84. The number of amides is 1. The average Bonchev–Trinajstić information content (AvgIpc) is 2.70. The summed E-state index contributed by atoms with van der Waals surface area (Å²) in [5, 5.41) is 10.5. The zero-order chi connectivity index (χ0) is 14.3. The topological polar surface area (TPSA) is 57.6 Å². The summed E-state index contributed by atoms with van der Waals surface area (Å²) in [6.07, 6.45) is 3.56. The molecule has 4 heteroatoms. The first-order valence-corrected chi connectivity index (χ1v) is 7.78. The molecule has 1 saturated heterocycles. The monoisotopic (exact) mass is 277 g/mol. The van der Waals surface area contributed by atoms with Gasteiger partial charge in [-0.3, -0.25) is 9.59 Å². The third kappa shape index (κ3) is 2.41. The van der Waals surface area contributed by atoms with Crippen molar-refractivity contribution in [3.05, 3.63) is 11.1 Å². The van der Waals surface area contributed by atoms with E-state index in [0.29, 0.717) is 32.4 Å². The lowest BCUT2D eigenvalue weighted by Crippen LogP contribution is -2.36. The number of ketones is 1. The van der Waals surface area contributed by atoms with Gasteiger partial charge in [-0.05, 0) is 48.7 Å². The van der Waals surface area contributed by atoms with Crippen LogP contribution in [0.15, 0.2) is 11.1 Å². The molecule has 1 amide bonds. The van der Waals surface area contributed by atoms with E-state index in [2.05, 4.69) is 6.92 Å². The highest BCUT2D eigenvalue weighted by Gasteiger charge is 2.38. The van der Waals surface area contributed by atoms with Crippen molar-refractivity contribution in [3.63, 3.8) is 0 Å². The van der Waals surface area contributed by atoms with E-state index >= 15 is 0 Å². The van der Waals surface area contributed by atoms with Gasteiger partial charge < -0.3 is 10.0 Å². The standard InChI is InChI=1S/C16H23NO3/c1-10-7-11-9-14(19)12-3-2-5-17(15(20)8-10)6-4-13(18)16(11)12/h10-11,13,18H,2-9H2,1H3. The highest BCUT2D eigenvalue weighted by Crippen LogP contribution is 2.40. The predicted octanol–water partition coefficient (Wildman–Crippen LogP) is 1.68. The molecule has 3 unspecified atom stereocenters. The normalized spacial score (nSPS) is 35.3. The van der Waals surface area contributed by atoms with Gasteiger partial charge in [-0.15, -0.1) is 0 Å². The SMILES string of the molecule is CC1CC(=O)N2CCCC3=C(C(O)CC2)C(CC3=O)C1. The molecule has 0 aromatic heterocycles. The third-order valence-electron chi connectivity index (χ3n) is 5.01. The number of hydrogen-bond acceptors (Lipinski definition) is 3. The zero-order valence-corrected chi connectivity index (χ0v) is 12.1. The van der Waals surface area contributed by atoms with Gasteiger partial charge in [-0.2, -0.15) is 0 Å². The molecule has 2 heterocycles. The maximum atomic E-state index is 12.3. The number of fused-ring (bicyclic) bond motifs is 3. The van der Waals surface area contributed by atoms with Gasteiger partial charge in [0.25, 0.3) is 0 Å². The van der Waals surface area contributed by atoms with Crippen molar-refractivity contribution in [3.8, 4) is 0 Å². The number of aliphatic hydroxyl groups excluding tert-OH is 1. The Labute approximate surface area is 119 Å². The van der Waals surface area contributed by atoms with E-state index in [1.165, 1.54) is 0 Å². The molecular weight excluding hydrogens is 254 g/mol. The van der Waals surface area contributed by atoms with Crippen LogP contribution in [-0.2, 0) is 9.59 Å². The van der Waals surface area contributed by atoms with Gasteiger partial charge in [0.15, 0.2) is 5.78 Å². The summed E-state index contributed by atoms with van der Waals surface area (Å²) in [6, 6.07) is 0. The summed E-state index contributed by atoms with van der Waals surface area (Å²) in [4.78, 5) is 26.4. The van der Waals surface area contributed by atoms with Crippen LogP contribution >= 0.6 is 0 Å². The van der Waals surface area contributed by atoms with Crippen molar-refractivity contribution >= 4 is 11.7 Å². The van der Waals surface area contributed by atoms with Gasteiger partial charge in [0.05, 0.1) is 6.10 Å². The van der Waals surface area contributed by atoms with E-state index < -0.39 is 6.10 Å². The Bertz CT molecular complexity index is 468. The first-order chi connectivity index (χ1) is 9.56. The second kappa shape index (κ2) is 5.32. The number of carbonyl (C=O) groups is 2. The minimum absolute atomic E-state index is 0.167. The molecule has 0 saturated carbocycles. The smallest absolute Gasteiger partial charge is 0.222 e. The van der Waals surface area contributed by atoms with Crippen LogP contribution in [-0.4, -0.2) is 40.9 Å². The van der Waals surface area contributed by atoms with Gasteiger partial charge >= 0.3 is 0 Å². The summed E-state index contributed by atoms with van der Waals surface area (Å²) in [6.45, 7) is 3.42. The Balaban J connectivity index is 2.00. The number of Topliss-reactive ketones (excluding diaryl/α,β-unsaturated/α-hetero) is 1. The molecule has 2 aliphatic heterocycles. The van der Waals surface area contributed by atoms with Crippen molar-refractivity contribution in [2.24, 2.45) is 11.8 Å². The van der Waals surface area contributed by atoms with E-state index in [0.717, 1.165) is 30.4 Å². The summed E-state index contributed by atoms with van der Waals surface area (Å²) in [5.41, 5.74) is 1.89. The van der Waals surface area contributed by atoms with Crippen LogP contribution in [0.2, 0.25) is 0 Å². The Morgan fingerprint density at radius 3 is 2.80 bits per heavy atom. The minimum atomic E-state index is -0.542. The second-order valence-corrected chi connectivity index (χ2v) is 6.59. The quantitative estimate of drug-likeness (QED) is 0.733. The molecule has 1 N–H and O–H groups in total. The van der Waals surface area contributed by atoms with Crippen LogP contribution in [0.1, 0.15) is 45.4 Å². The van der Waals surface area contributed by atoms with Crippen LogP contribution < -0.4 is 0 Å². The number of rotatable bonds is 0. The molecule has 1 fully saturated rings. The lowest BCUT2D eigenvalue weighted by Gasteiger charge is -2.29. The Morgan fingerprint density at radius 1 is 1.20 bits per heavy atom. The molecule has 0 aromatic rings. The summed E-state index contributed by atoms with van der Waals surface area (Å²) in [5.74, 6) is 0.888. The van der Waals surface area contributed by atoms with Gasteiger partial charge in [0.1, 0.15) is 0 Å². The van der Waals surface area contributed by atoms with Crippen LogP contribution in [0.4, 0.5) is 0 Å². The summed E-state index contributed by atoms with van der Waals surface area (Å²) >= 11 is 0.